The largest absolute Gasteiger partial charge is 0.501 e. The Morgan fingerprint density at radius 2 is 1.57 bits per heavy atom. The second-order valence-electron chi connectivity index (χ2n) is 5.37. The van der Waals surface area contributed by atoms with Crippen molar-refractivity contribution < 1.29 is 39.6 Å². The number of hydrogen-bond donors (Lipinski definition) is 2. The number of hydrogen-bond acceptors (Lipinski definition) is 4. The van der Waals surface area contributed by atoms with Gasteiger partial charge in [0.25, 0.3) is 15.7 Å². The highest BCUT2D eigenvalue weighted by molar-refractivity contribution is 7.92. The molecule has 0 aliphatic carbocycles. The molecule has 5 nitrogen and oxygen atoms in total. The lowest BCUT2D eigenvalue weighted by Crippen LogP contribution is -2.30. The highest BCUT2D eigenvalue weighted by atomic mass is 32.2. The molecule has 0 radical (unpaired) electrons. The van der Waals surface area contributed by atoms with Crippen molar-refractivity contribution >= 4 is 21.4 Å². The molecule has 0 saturated carbocycles. The van der Waals surface area contributed by atoms with E-state index in [-0.39, 0.29) is 19.2 Å². The summed E-state index contributed by atoms with van der Waals surface area (Å²) in [7, 11) is -5.83. The molecule has 0 atom stereocenters. The summed E-state index contributed by atoms with van der Waals surface area (Å²) < 4.78 is 101. The van der Waals surface area contributed by atoms with Crippen LogP contribution in [0.1, 0.15) is 10.4 Å². The van der Waals surface area contributed by atoms with Crippen LogP contribution in [0.15, 0.2) is 41.3 Å². The predicted molar refractivity (Wildman–Crippen MR) is 86.8 cm³/mol. The Labute approximate surface area is 155 Å². The van der Waals surface area contributed by atoms with Gasteiger partial charge in [-0.2, -0.15) is 13.2 Å². The number of amides is 1. The molecule has 2 aromatic carbocycles. The number of carbonyl (C=O) groups excluding carboxylic acids is 1. The van der Waals surface area contributed by atoms with Gasteiger partial charge < -0.3 is 10.6 Å². The van der Waals surface area contributed by atoms with Crippen LogP contribution in [-0.4, -0.2) is 32.9 Å². The molecule has 152 valence electrons. The zero-order chi connectivity index (χ0) is 21.1. The molecule has 0 fully saturated rings. The maximum Gasteiger partial charge on any atom is 0.501 e. The van der Waals surface area contributed by atoms with Gasteiger partial charge in [0.1, 0.15) is 27.9 Å². The number of rotatable bonds is 6. The third kappa shape index (κ3) is 4.55. The van der Waals surface area contributed by atoms with Crippen LogP contribution >= 0.6 is 0 Å². The first-order valence-corrected chi connectivity index (χ1v) is 9.00. The maximum absolute atomic E-state index is 13.5. The van der Waals surface area contributed by atoms with Crippen LogP contribution < -0.4 is 10.6 Å². The van der Waals surface area contributed by atoms with Crippen molar-refractivity contribution in [3.05, 3.63) is 59.4 Å². The quantitative estimate of drug-likeness (QED) is 0.550. The fraction of sp³-hybridized carbons (Fsp3) is 0.188. The van der Waals surface area contributed by atoms with Crippen LogP contribution in [0.2, 0.25) is 0 Å². The molecule has 0 aliphatic rings. The smallest absolute Gasteiger partial charge is 0.382 e. The Kier molecular flexibility index (Phi) is 6.22. The van der Waals surface area contributed by atoms with Crippen molar-refractivity contribution in [2.45, 2.75) is 10.4 Å². The molecule has 0 unspecified atom stereocenters. The lowest BCUT2D eigenvalue weighted by molar-refractivity contribution is -0.0435. The lowest BCUT2D eigenvalue weighted by Gasteiger charge is -2.15. The van der Waals surface area contributed by atoms with Gasteiger partial charge in [0, 0.05) is 13.1 Å². The molecular weight excluding hydrogens is 414 g/mol. The zero-order valence-corrected chi connectivity index (χ0v) is 14.6. The highest BCUT2D eigenvalue weighted by Crippen LogP contribution is 2.34. The maximum atomic E-state index is 13.5. The normalized spacial score (nSPS) is 11.9. The first-order valence-electron chi connectivity index (χ1n) is 7.52. The van der Waals surface area contributed by atoms with Gasteiger partial charge in [-0.1, -0.05) is 6.07 Å². The standard InChI is InChI=1S/C16H12F6N2O3S/c17-9-4-5-12(13(8-9)28(26,27)16(20,21)22)23-6-7-24-15(25)14-10(18)2-1-3-11(14)19/h1-5,8,23H,6-7H2,(H,24,25). The average molecular weight is 426 g/mol. The van der Waals surface area contributed by atoms with Crippen molar-refractivity contribution in [2.75, 3.05) is 18.4 Å². The van der Waals surface area contributed by atoms with Crippen LogP contribution in [-0.2, 0) is 9.84 Å². The fourth-order valence-electron chi connectivity index (χ4n) is 2.17. The topological polar surface area (TPSA) is 75.3 Å². The Balaban J connectivity index is 2.09. The summed E-state index contributed by atoms with van der Waals surface area (Å²) in [5.41, 5.74) is -7.04. The molecule has 28 heavy (non-hydrogen) atoms. The van der Waals surface area contributed by atoms with E-state index in [0.29, 0.717) is 0 Å². The van der Waals surface area contributed by atoms with Crippen molar-refractivity contribution in [1.82, 2.24) is 5.32 Å². The first-order chi connectivity index (χ1) is 12.9. The summed E-state index contributed by atoms with van der Waals surface area (Å²) in [6, 6.07) is 4.52. The molecule has 0 heterocycles. The summed E-state index contributed by atoms with van der Waals surface area (Å²) in [5, 5.41) is 4.43. The summed E-state index contributed by atoms with van der Waals surface area (Å²) in [4.78, 5) is 10.5. The number of anilines is 1. The van der Waals surface area contributed by atoms with Crippen molar-refractivity contribution in [3.8, 4) is 0 Å². The van der Waals surface area contributed by atoms with Crippen LogP contribution in [0.25, 0.3) is 0 Å². The van der Waals surface area contributed by atoms with Crippen molar-refractivity contribution in [2.24, 2.45) is 0 Å². The van der Waals surface area contributed by atoms with Crippen molar-refractivity contribution in [1.29, 1.82) is 0 Å². The van der Waals surface area contributed by atoms with Gasteiger partial charge in [-0.3, -0.25) is 4.79 Å². The van der Waals surface area contributed by atoms with E-state index in [2.05, 4.69) is 10.6 Å². The highest BCUT2D eigenvalue weighted by Gasteiger charge is 2.48. The van der Waals surface area contributed by atoms with Gasteiger partial charge in [0.15, 0.2) is 0 Å². The van der Waals surface area contributed by atoms with Gasteiger partial charge in [0.2, 0.25) is 0 Å². The van der Waals surface area contributed by atoms with E-state index in [4.69, 9.17) is 0 Å². The SMILES string of the molecule is O=C(NCCNc1ccc(F)cc1S(=O)(=O)C(F)(F)F)c1c(F)cccc1F. The number of nitrogens with one attached hydrogen (secondary N) is 2. The minimum atomic E-state index is -5.83. The molecule has 2 rings (SSSR count). The average Bonchev–Trinajstić information content (AvgIpc) is 2.58. The van der Waals surface area contributed by atoms with Crippen LogP contribution in [0, 0.1) is 17.5 Å². The van der Waals surface area contributed by atoms with E-state index in [9.17, 15) is 39.6 Å². The molecule has 0 aromatic heterocycles. The minimum Gasteiger partial charge on any atom is -0.382 e. The fourth-order valence-corrected chi connectivity index (χ4v) is 3.11. The van der Waals surface area contributed by atoms with E-state index >= 15 is 0 Å². The molecule has 0 saturated heterocycles. The minimum absolute atomic E-state index is 0.207. The molecule has 12 heteroatoms. The Bertz CT molecular complexity index is 972. The summed E-state index contributed by atoms with van der Waals surface area (Å²) in [5.74, 6) is -4.53. The third-order valence-corrected chi connectivity index (χ3v) is 4.98. The first kappa shape index (κ1) is 21.5. The second-order valence-corrected chi connectivity index (χ2v) is 7.28. The molecule has 0 bridgehead atoms. The lowest BCUT2D eigenvalue weighted by atomic mass is 10.2. The number of alkyl halides is 3. The van der Waals surface area contributed by atoms with E-state index in [1.165, 1.54) is 0 Å². The number of halogens is 6. The van der Waals surface area contributed by atoms with E-state index in [1.807, 2.05) is 0 Å². The molecule has 0 aliphatic heterocycles. The summed E-state index contributed by atoms with van der Waals surface area (Å²) >= 11 is 0. The summed E-state index contributed by atoms with van der Waals surface area (Å²) in [6.45, 7) is -0.636. The number of carbonyl (C=O) groups is 1. The van der Waals surface area contributed by atoms with E-state index in [0.717, 1.165) is 30.3 Å². The number of benzene rings is 2. The van der Waals surface area contributed by atoms with E-state index < -0.39 is 54.9 Å². The predicted octanol–water partition coefficient (Wildman–Crippen LogP) is 3.24. The van der Waals surface area contributed by atoms with Gasteiger partial charge in [-0.25, -0.2) is 21.6 Å². The third-order valence-electron chi connectivity index (χ3n) is 3.45. The van der Waals surface area contributed by atoms with Crippen molar-refractivity contribution in [3.63, 3.8) is 0 Å². The molecular formula is C16H12F6N2O3S. The van der Waals surface area contributed by atoms with Gasteiger partial charge in [0.05, 0.1) is 5.69 Å². The molecule has 0 spiro atoms. The van der Waals surface area contributed by atoms with Crippen LogP contribution in [0.5, 0.6) is 0 Å². The van der Waals surface area contributed by atoms with Gasteiger partial charge in [-0.15, -0.1) is 0 Å². The van der Waals surface area contributed by atoms with Crippen LogP contribution in [0.3, 0.4) is 0 Å². The monoisotopic (exact) mass is 426 g/mol. The Hall–Kier alpha value is -2.76. The van der Waals surface area contributed by atoms with Crippen LogP contribution in [0.4, 0.5) is 32.0 Å². The second kappa shape index (κ2) is 8.09. The summed E-state index contributed by atoms with van der Waals surface area (Å²) in [6.07, 6.45) is 0. The molecule has 2 N–H and O–H groups in total. The molecule has 1 amide bonds. The van der Waals surface area contributed by atoms with E-state index in [1.54, 1.807) is 0 Å². The number of sulfone groups is 1. The zero-order valence-electron chi connectivity index (χ0n) is 13.8. The molecule has 2 aromatic rings. The Morgan fingerprint density at radius 3 is 2.14 bits per heavy atom. The van der Waals surface area contributed by atoms with Gasteiger partial charge >= 0.3 is 5.51 Å². The Morgan fingerprint density at radius 1 is 0.964 bits per heavy atom. The van der Waals surface area contributed by atoms with Gasteiger partial charge in [-0.05, 0) is 30.3 Å².